The first kappa shape index (κ1) is 25.1. The summed E-state index contributed by atoms with van der Waals surface area (Å²) in [5, 5.41) is 3.72. The van der Waals surface area contributed by atoms with Crippen LogP contribution in [0.4, 0.5) is 0 Å². The van der Waals surface area contributed by atoms with Crippen molar-refractivity contribution in [3.8, 4) is 5.69 Å². The van der Waals surface area contributed by atoms with Gasteiger partial charge in [-0.3, -0.25) is 0 Å². The Morgan fingerprint density at radius 3 is 1.23 bits per heavy atom. The lowest BCUT2D eigenvalue weighted by atomic mass is 10.3. The fourth-order valence-corrected chi connectivity index (χ4v) is 10.8. The molecule has 39 heavy (non-hydrogen) atoms. The molecule has 0 saturated carbocycles. The van der Waals surface area contributed by atoms with E-state index in [1.54, 1.807) is 0 Å². The molecule has 0 bridgehead atoms. The first-order valence-electron chi connectivity index (χ1n) is 12.8. The van der Waals surface area contributed by atoms with E-state index in [2.05, 4.69) is 0 Å². The molecule has 0 saturated heterocycles. The van der Waals surface area contributed by atoms with Gasteiger partial charge in [0.25, 0.3) is 0 Å². The summed E-state index contributed by atoms with van der Waals surface area (Å²) in [6, 6.07) is 50.2. The fraction of sp³-hybridized carbons (Fsp3) is 0. The van der Waals surface area contributed by atoms with Crippen LogP contribution in [0.3, 0.4) is 0 Å². The van der Waals surface area contributed by atoms with Gasteiger partial charge in [-0.2, -0.15) is 0 Å². The molecule has 0 fully saturated rings. The second-order valence-corrected chi connectivity index (χ2v) is 14.7. The largest absolute Gasteiger partial charge is 0.313 e. The molecular weight excluding hydrogens is 516 g/mol. The number of benzene rings is 5. The standard InChI is InChI=1S/C34H27NO2P2/c36-38(28-16-5-1-6-17-28,29-18-7-2-8-19-29)33-25-14-13-24-32(33)35-27-15-26-34(35)39(37,30-20-9-3-10-21-30)31-22-11-4-12-23-31/h1-27H. The van der Waals surface area contributed by atoms with Crippen molar-refractivity contribution < 1.29 is 9.13 Å². The van der Waals surface area contributed by atoms with Crippen molar-refractivity contribution in [1.29, 1.82) is 0 Å². The first-order valence-corrected chi connectivity index (χ1v) is 16.3. The Morgan fingerprint density at radius 2 is 0.769 bits per heavy atom. The van der Waals surface area contributed by atoms with Crippen LogP contribution in [-0.4, -0.2) is 4.57 Å². The minimum absolute atomic E-state index is 0.667. The van der Waals surface area contributed by atoms with Crippen molar-refractivity contribution in [3.63, 3.8) is 0 Å². The zero-order valence-electron chi connectivity index (χ0n) is 21.2. The highest BCUT2D eigenvalue weighted by molar-refractivity contribution is 7.86. The molecule has 5 heteroatoms. The molecule has 0 N–H and O–H groups in total. The van der Waals surface area contributed by atoms with Gasteiger partial charge in [0, 0.05) is 32.7 Å². The Morgan fingerprint density at radius 1 is 0.385 bits per heavy atom. The van der Waals surface area contributed by atoms with Crippen molar-refractivity contribution >= 4 is 46.2 Å². The van der Waals surface area contributed by atoms with Crippen LogP contribution in [0.5, 0.6) is 0 Å². The lowest BCUT2D eigenvalue weighted by molar-refractivity contribution is 0.590. The zero-order valence-corrected chi connectivity index (χ0v) is 23.0. The van der Waals surface area contributed by atoms with Crippen LogP contribution in [0.2, 0.25) is 0 Å². The number of nitrogens with zero attached hydrogens (tertiary/aromatic N) is 1. The van der Waals surface area contributed by atoms with Gasteiger partial charge >= 0.3 is 0 Å². The Balaban J connectivity index is 1.63. The zero-order chi connectivity index (χ0) is 26.7. The molecule has 6 rings (SSSR count). The van der Waals surface area contributed by atoms with Crippen molar-refractivity contribution in [3.05, 3.63) is 164 Å². The Labute approximate surface area is 229 Å². The molecule has 190 valence electrons. The van der Waals surface area contributed by atoms with Gasteiger partial charge in [-0.25, -0.2) is 0 Å². The first-order chi connectivity index (χ1) is 19.1. The summed E-state index contributed by atoms with van der Waals surface area (Å²) < 4.78 is 32.6. The molecule has 6 aromatic rings. The summed E-state index contributed by atoms with van der Waals surface area (Å²) in [5.74, 6) is 0. The highest BCUT2D eigenvalue weighted by Gasteiger charge is 2.36. The molecule has 3 nitrogen and oxygen atoms in total. The van der Waals surface area contributed by atoms with Crippen LogP contribution in [-0.2, 0) is 9.13 Å². The summed E-state index contributed by atoms with van der Waals surface area (Å²) in [7, 11) is -6.56. The second-order valence-electron chi connectivity index (χ2n) is 9.29. The second kappa shape index (κ2) is 10.5. The Kier molecular flexibility index (Phi) is 6.79. The van der Waals surface area contributed by atoms with Gasteiger partial charge in [-0.15, -0.1) is 0 Å². The predicted octanol–water partition coefficient (Wildman–Crippen LogP) is 5.76. The van der Waals surface area contributed by atoms with E-state index in [-0.39, 0.29) is 0 Å². The van der Waals surface area contributed by atoms with E-state index in [1.807, 2.05) is 168 Å². The number of para-hydroxylation sites is 1. The molecule has 1 heterocycles. The summed E-state index contributed by atoms with van der Waals surface area (Å²) >= 11 is 0. The highest BCUT2D eigenvalue weighted by Crippen LogP contribution is 2.46. The smallest absolute Gasteiger partial charge is 0.186 e. The van der Waals surface area contributed by atoms with Crippen LogP contribution in [0.15, 0.2) is 164 Å². The molecular formula is C34H27NO2P2. The molecule has 1 aromatic heterocycles. The van der Waals surface area contributed by atoms with Crippen molar-refractivity contribution in [2.45, 2.75) is 0 Å². The van der Waals surface area contributed by atoms with Crippen molar-refractivity contribution in [2.24, 2.45) is 0 Å². The summed E-state index contributed by atoms with van der Waals surface area (Å²) in [5.41, 5.74) is 1.42. The monoisotopic (exact) mass is 543 g/mol. The average Bonchev–Trinajstić information content (AvgIpc) is 3.53. The third-order valence-corrected chi connectivity index (χ3v) is 13.2. The summed E-state index contributed by atoms with van der Waals surface area (Å²) in [4.78, 5) is 0. The normalized spacial score (nSPS) is 11.8. The number of hydrogen-bond acceptors (Lipinski definition) is 2. The Bertz CT molecular complexity index is 1710. The third-order valence-electron chi connectivity index (χ3n) is 7.01. The highest BCUT2D eigenvalue weighted by atomic mass is 31.2. The lowest BCUT2D eigenvalue weighted by Crippen LogP contribution is -2.33. The minimum Gasteiger partial charge on any atom is -0.313 e. The Hall–Kier alpha value is -4.16. The molecule has 0 spiro atoms. The maximum atomic E-state index is 15.4. The van der Waals surface area contributed by atoms with Gasteiger partial charge in [0.05, 0.1) is 11.1 Å². The topological polar surface area (TPSA) is 39.1 Å². The molecule has 0 atom stereocenters. The minimum atomic E-state index is -3.28. The van der Waals surface area contributed by atoms with Gasteiger partial charge in [0.15, 0.2) is 14.3 Å². The molecule has 0 amide bonds. The van der Waals surface area contributed by atoms with E-state index in [1.165, 1.54) is 0 Å². The maximum Gasteiger partial charge on any atom is 0.186 e. The lowest BCUT2D eigenvalue weighted by Gasteiger charge is -2.26. The van der Waals surface area contributed by atoms with E-state index >= 15 is 9.13 Å². The van der Waals surface area contributed by atoms with Crippen LogP contribution in [0.1, 0.15) is 0 Å². The fourth-order valence-electron chi connectivity index (χ4n) is 5.16. The van der Waals surface area contributed by atoms with Crippen molar-refractivity contribution in [1.82, 2.24) is 4.57 Å². The van der Waals surface area contributed by atoms with Crippen LogP contribution < -0.4 is 32.0 Å². The average molecular weight is 544 g/mol. The number of rotatable bonds is 7. The van der Waals surface area contributed by atoms with Crippen LogP contribution in [0.25, 0.3) is 5.69 Å². The van der Waals surface area contributed by atoms with E-state index in [9.17, 15) is 0 Å². The van der Waals surface area contributed by atoms with E-state index in [0.717, 1.165) is 26.9 Å². The van der Waals surface area contributed by atoms with Crippen LogP contribution in [0, 0.1) is 0 Å². The van der Waals surface area contributed by atoms with Crippen molar-refractivity contribution in [2.75, 3.05) is 0 Å². The predicted molar refractivity (Wildman–Crippen MR) is 165 cm³/mol. The SMILES string of the molecule is O=P(c1ccccc1)(c1ccccc1)c1ccccc1-n1cccc1P(=O)(c1ccccc1)c1ccccc1. The molecule has 0 aliphatic heterocycles. The summed E-state index contributed by atoms with van der Waals surface area (Å²) in [6.45, 7) is 0. The molecule has 0 aliphatic carbocycles. The van der Waals surface area contributed by atoms with Gasteiger partial charge in [0.1, 0.15) is 0 Å². The van der Waals surface area contributed by atoms with Gasteiger partial charge in [-0.1, -0.05) is 133 Å². The van der Waals surface area contributed by atoms with Gasteiger partial charge < -0.3 is 13.7 Å². The maximum absolute atomic E-state index is 15.4. The number of aromatic nitrogens is 1. The molecule has 0 radical (unpaired) electrons. The van der Waals surface area contributed by atoms with E-state index in [4.69, 9.17) is 0 Å². The molecule has 0 unspecified atom stereocenters. The molecule has 5 aromatic carbocycles. The molecule has 0 aliphatic rings. The van der Waals surface area contributed by atoms with Gasteiger partial charge in [0.2, 0.25) is 0 Å². The van der Waals surface area contributed by atoms with Gasteiger partial charge in [-0.05, 0) is 24.3 Å². The van der Waals surface area contributed by atoms with Crippen LogP contribution >= 0.6 is 14.3 Å². The van der Waals surface area contributed by atoms with E-state index < -0.39 is 14.3 Å². The quantitative estimate of drug-likeness (QED) is 0.241. The third kappa shape index (κ3) is 4.35. The number of hydrogen-bond donors (Lipinski definition) is 0. The summed E-state index contributed by atoms with van der Waals surface area (Å²) in [6.07, 6.45) is 1.92. The van der Waals surface area contributed by atoms with E-state index in [0.29, 0.717) is 10.7 Å².